The van der Waals surface area contributed by atoms with E-state index in [2.05, 4.69) is 9.97 Å². The average molecular weight is 288 g/mol. The predicted octanol–water partition coefficient (Wildman–Crippen LogP) is 0.598. The first-order valence-electron chi connectivity index (χ1n) is 6.10. The molecule has 1 aromatic rings. The van der Waals surface area contributed by atoms with Crippen LogP contribution in [0, 0.1) is 0 Å². The third-order valence-corrected chi connectivity index (χ3v) is 3.34. The summed E-state index contributed by atoms with van der Waals surface area (Å²) in [7, 11) is 0. The number of aliphatic hydroxyl groups excluding tert-OH is 2. The van der Waals surface area contributed by atoms with E-state index in [0.717, 1.165) is 0 Å². The lowest BCUT2D eigenvalue weighted by molar-refractivity contribution is -0.101. The van der Waals surface area contributed by atoms with E-state index in [1.807, 2.05) is 18.7 Å². The number of ether oxygens (including phenoxy) is 1. The molecule has 1 aliphatic rings. The number of aliphatic hydroxyl groups is 2. The van der Waals surface area contributed by atoms with E-state index >= 15 is 0 Å². The van der Waals surface area contributed by atoms with Gasteiger partial charge in [-0.25, -0.2) is 9.97 Å². The standard InChI is InChI=1S/C12H18ClN3O3/c1-12(2)6-16(3-8(4-17)19-12)11-9(5-18)10(13)14-7-15-11/h7-8,17-18H,3-6H2,1-2H3. The van der Waals surface area contributed by atoms with Crippen LogP contribution in [-0.4, -0.2) is 51.6 Å². The third-order valence-electron chi connectivity index (χ3n) is 3.01. The highest BCUT2D eigenvalue weighted by Crippen LogP contribution is 2.29. The number of morpholine rings is 1. The Balaban J connectivity index is 2.33. The highest BCUT2D eigenvalue weighted by molar-refractivity contribution is 6.30. The third kappa shape index (κ3) is 3.14. The van der Waals surface area contributed by atoms with E-state index < -0.39 is 5.60 Å². The topological polar surface area (TPSA) is 78.7 Å². The summed E-state index contributed by atoms with van der Waals surface area (Å²) in [6, 6.07) is 0. The Morgan fingerprint density at radius 2 is 2.21 bits per heavy atom. The van der Waals surface area contributed by atoms with Gasteiger partial charge in [0.15, 0.2) is 0 Å². The maximum absolute atomic E-state index is 9.41. The van der Waals surface area contributed by atoms with Crippen LogP contribution in [0.25, 0.3) is 0 Å². The fourth-order valence-electron chi connectivity index (χ4n) is 2.34. The summed E-state index contributed by atoms with van der Waals surface area (Å²) in [6.45, 7) is 4.71. The van der Waals surface area contributed by atoms with Gasteiger partial charge in [-0.05, 0) is 13.8 Å². The Hall–Kier alpha value is -0.950. The van der Waals surface area contributed by atoms with E-state index in [1.54, 1.807) is 0 Å². The summed E-state index contributed by atoms with van der Waals surface area (Å²) in [6.07, 6.45) is 1.08. The Morgan fingerprint density at radius 1 is 1.47 bits per heavy atom. The van der Waals surface area contributed by atoms with Gasteiger partial charge in [0, 0.05) is 13.1 Å². The van der Waals surface area contributed by atoms with Crippen molar-refractivity contribution in [3.05, 3.63) is 17.0 Å². The normalized spacial score (nSPS) is 22.6. The fraction of sp³-hybridized carbons (Fsp3) is 0.667. The number of hydrogen-bond donors (Lipinski definition) is 2. The van der Waals surface area contributed by atoms with Crippen LogP contribution in [0.3, 0.4) is 0 Å². The van der Waals surface area contributed by atoms with Crippen molar-refractivity contribution in [3.63, 3.8) is 0 Å². The number of halogens is 1. The van der Waals surface area contributed by atoms with Crippen LogP contribution >= 0.6 is 11.6 Å². The van der Waals surface area contributed by atoms with Crippen LogP contribution in [0.15, 0.2) is 6.33 Å². The second-order valence-corrected chi connectivity index (χ2v) is 5.55. The number of rotatable bonds is 3. The number of nitrogens with zero attached hydrogens (tertiary/aromatic N) is 3. The maximum atomic E-state index is 9.41. The van der Waals surface area contributed by atoms with Crippen LogP contribution in [0.4, 0.5) is 5.82 Å². The molecule has 7 heteroatoms. The van der Waals surface area contributed by atoms with Gasteiger partial charge in [-0.1, -0.05) is 11.6 Å². The van der Waals surface area contributed by atoms with Gasteiger partial charge in [-0.15, -0.1) is 0 Å². The quantitative estimate of drug-likeness (QED) is 0.793. The monoisotopic (exact) mass is 287 g/mol. The molecule has 1 saturated heterocycles. The minimum absolute atomic E-state index is 0.0623. The molecule has 1 unspecified atom stereocenters. The van der Waals surface area contributed by atoms with E-state index in [0.29, 0.717) is 24.5 Å². The lowest BCUT2D eigenvalue weighted by atomic mass is 10.0. The van der Waals surface area contributed by atoms with Crippen LogP contribution in [-0.2, 0) is 11.3 Å². The lowest BCUT2D eigenvalue weighted by Gasteiger charge is -2.43. The molecular weight excluding hydrogens is 270 g/mol. The second-order valence-electron chi connectivity index (χ2n) is 5.19. The Morgan fingerprint density at radius 3 is 2.84 bits per heavy atom. The van der Waals surface area contributed by atoms with Gasteiger partial charge in [0.05, 0.1) is 30.5 Å². The van der Waals surface area contributed by atoms with Crippen molar-refractivity contribution in [2.24, 2.45) is 0 Å². The molecule has 0 aliphatic carbocycles. The average Bonchev–Trinajstić information content (AvgIpc) is 2.36. The van der Waals surface area contributed by atoms with Crippen molar-refractivity contribution in [3.8, 4) is 0 Å². The molecule has 0 spiro atoms. The number of aromatic nitrogens is 2. The van der Waals surface area contributed by atoms with E-state index in [1.165, 1.54) is 6.33 Å². The van der Waals surface area contributed by atoms with Crippen LogP contribution in [0.1, 0.15) is 19.4 Å². The summed E-state index contributed by atoms with van der Waals surface area (Å²) in [4.78, 5) is 10.0. The lowest BCUT2D eigenvalue weighted by Crippen LogP contribution is -2.54. The van der Waals surface area contributed by atoms with Crippen molar-refractivity contribution in [1.82, 2.24) is 9.97 Å². The van der Waals surface area contributed by atoms with Crippen LogP contribution in [0.2, 0.25) is 5.15 Å². The first-order chi connectivity index (χ1) is 8.96. The molecule has 0 saturated carbocycles. The van der Waals surface area contributed by atoms with Crippen molar-refractivity contribution in [1.29, 1.82) is 0 Å². The highest BCUT2D eigenvalue weighted by atomic mass is 35.5. The molecule has 1 fully saturated rings. The molecule has 106 valence electrons. The molecule has 19 heavy (non-hydrogen) atoms. The molecule has 0 amide bonds. The van der Waals surface area contributed by atoms with Gasteiger partial charge in [0.1, 0.15) is 17.3 Å². The zero-order valence-corrected chi connectivity index (χ0v) is 11.8. The fourth-order valence-corrected chi connectivity index (χ4v) is 2.53. The molecule has 2 N–H and O–H groups in total. The van der Waals surface area contributed by atoms with Gasteiger partial charge < -0.3 is 19.8 Å². The van der Waals surface area contributed by atoms with Gasteiger partial charge in [0.2, 0.25) is 0 Å². The molecule has 6 nitrogen and oxygen atoms in total. The van der Waals surface area contributed by atoms with Crippen molar-refractivity contribution < 1.29 is 14.9 Å². The summed E-state index contributed by atoms with van der Waals surface area (Å²) >= 11 is 5.97. The van der Waals surface area contributed by atoms with Gasteiger partial charge in [0.25, 0.3) is 0 Å². The molecular formula is C12H18ClN3O3. The highest BCUT2D eigenvalue weighted by Gasteiger charge is 2.34. The van der Waals surface area contributed by atoms with Crippen LogP contribution < -0.4 is 4.90 Å². The van der Waals surface area contributed by atoms with Gasteiger partial charge >= 0.3 is 0 Å². The molecule has 2 heterocycles. The zero-order chi connectivity index (χ0) is 14.0. The predicted molar refractivity (Wildman–Crippen MR) is 71.2 cm³/mol. The number of hydrogen-bond acceptors (Lipinski definition) is 6. The van der Waals surface area contributed by atoms with Crippen molar-refractivity contribution >= 4 is 17.4 Å². The molecule has 0 bridgehead atoms. The smallest absolute Gasteiger partial charge is 0.140 e. The Bertz CT molecular complexity index is 456. The SMILES string of the molecule is CC1(C)CN(c2ncnc(Cl)c2CO)CC(CO)O1. The molecule has 0 radical (unpaired) electrons. The number of anilines is 1. The van der Waals surface area contributed by atoms with E-state index in [-0.39, 0.29) is 24.5 Å². The molecule has 1 aromatic heterocycles. The van der Waals surface area contributed by atoms with E-state index in [4.69, 9.17) is 16.3 Å². The zero-order valence-electron chi connectivity index (χ0n) is 11.0. The summed E-state index contributed by atoms with van der Waals surface area (Å²) in [5.41, 5.74) is 0.0917. The molecule has 1 aliphatic heterocycles. The second kappa shape index (κ2) is 5.58. The Labute approximate surface area is 117 Å². The first kappa shape index (κ1) is 14.5. The van der Waals surface area contributed by atoms with Crippen LogP contribution in [0.5, 0.6) is 0 Å². The minimum Gasteiger partial charge on any atom is -0.394 e. The van der Waals surface area contributed by atoms with Gasteiger partial charge in [-0.2, -0.15) is 0 Å². The van der Waals surface area contributed by atoms with Crippen molar-refractivity contribution in [2.75, 3.05) is 24.6 Å². The Kier molecular flexibility index (Phi) is 4.25. The summed E-state index contributed by atoms with van der Waals surface area (Å²) in [5.74, 6) is 0.595. The molecule has 2 rings (SSSR count). The first-order valence-corrected chi connectivity index (χ1v) is 6.48. The molecule has 1 atom stereocenters. The van der Waals surface area contributed by atoms with E-state index in [9.17, 15) is 10.2 Å². The summed E-state index contributed by atoms with van der Waals surface area (Å²) in [5, 5.41) is 19.0. The summed E-state index contributed by atoms with van der Waals surface area (Å²) < 4.78 is 5.75. The van der Waals surface area contributed by atoms with Gasteiger partial charge in [-0.3, -0.25) is 0 Å². The van der Waals surface area contributed by atoms with Crippen molar-refractivity contribution in [2.45, 2.75) is 32.2 Å². The molecule has 0 aromatic carbocycles. The minimum atomic E-state index is -0.407. The largest absolute Gasteiger partial charge is 0.394 e. The maximum Gasteiger partial charge on any atom is 0.140 e.